The fourth-order valence-electron chi connectivity index (χ4n) is 3.17. The molecule has 2 aromatic rings. The van der Waals surface area contributed by atoms with Gasteiger partial charge in [-0.05, 0) is 62.6 Å². The summed E-state index contributed by atoms with van der Waals surface area (Å²) in [7, 11) is 0. The quantitative estimate of drug-likeness (QED) is 0.813. The summed E-state index contributed by atoms with van der Waals surface area (Å²) in [5.74, 6) is -0.239. The van der Waals surface area contributed by atoms with E-state index >= 15 is 0 Å². The highest BCUT2D eigenvalue weighted by Crippen LogP contribution is 2.33. The molecule has 3 rings (SSSR count). The lowest BCUT2D eigenvalue weighted by Gasteiger charge is -2.23. The maximum absolute atomic E-state index is 13.3. The predicted molar refractivity (Wildman–Crippen MR) is 104 cm³/mol. The Morgan fingerprint density at radius 3 is 2.04 bits per heavy atom. The van der Waals surface area contributed by atoms with Crippen LogP contribution in [-0.4, -0.2) is 24.7 Å². The van der Waals surface area contributed by atoms with E-state index < -0.39 is 0 Å². The molecule has 0 fully saturated rings. The lowest BCUT2D eigenvalue weighted by Crippen LogP contribution is -2.31. The molecule has 3 N–H and O–H groups in total. The molecule has 0 heterocycles. The van der Waals surface area contributed by atoms with Gasteiger partial charge < -0.3 is 11.1 Å². The molecule has 0 aromatic heterocycles. The van der Waals surface area contributed by atoms with Crippen LogP contribution in [-0.2, 0) is 0 Å². The molecule has 0 bridgehead atoms. The van der Waals surface area contributed by atoms with Crippen LogP contribution in [0.2, 0.25) is 0 Å². The lowest BCUT2D eigenvalue weighted by atomic mass is 9.82. The summed E-state index contributed by atoms with van der Waals surface area (Å²) < 4.78 is 0. The number of fused-ring (bicyclic) bond motifs is 1. The number of hydrogen-bond donors (Lipinski definition) is 2. The Bertz CT molecular complexity index is 908. The molecule has 1 aliphatic carbocycles. The van der Waals surface area contributed by atoms with E-state index in [4.69, 9.17) is 5.73 Å². The van der Waals surface area contributed by atoms with Gasteiger partial charge in [-0.15, -0.1) is 0 Å². The van der Waals surface area contributed by atoms with E-state index in [1.54, 1.807) is 0 Å². The van der Waals surface area contributed by atoms with Crippen molar-refractivity contribution in [1.82, 2.24) is 5.32 Å². The topological polar surface area (TPSA) is 72.2 Å². The maximum Gasteiger partial charge on any atom is 0.210 e. The molecule has 0 saturated carbocycles. The number of ketones is 2. The number of aryl methyl sites for hydroxylation is 3. The van der Waals surface area contributed by atoms with Crippen molar-refractivity contribution >= 4 is 17.1 Å². The number of nitrogens with one attached hydrogen (secondary N) is 1. The number of carbonyl (C=O) groups is 2. The van der Waals surface area contributed by atoms with Crippen LogP contribution >= 0.6 is 0 Å². The van der Waals surface area contributed by atoms with E-state index in [1.165, 1.54) is 0 Å². The van der Waals surface area contributed by atoms with E-state index in [-0.39, 0.29) is 11.6 Å². The standard InChI is InChI=1S/C22H24N2O2/c1-13-5-7-16(8-6-13)19-20(24-10-4-9-23)22(26)18-12-15(3)14(2)11-17(18)21(19)25/h5-8,11-12,24H,4,9-10,23H2,1-3H3. The molecule has 0 atom stereocenters. The minimum absolute atomic E-state index is 0.109. The second-order valence-corrected chi connectivity index (χ2v) is 6.83. The van der Waals surface area contributed by atoms with Gasteiger partial charge in [-0.3, -0.25) is 9.59 Å². The molecule has 2 aromatic carbocycles. The average Bonchev–Trinajstić information content (AvgIpc) is 2.62. The predicted octanol–water partition coefficient (Wildman–Crippen LogP) is 3.34. The van der Waals surface area contributed by atoms with Gasteiger partial charge in [-0.1, -0.05) is 29.8 Å². The third-order valence-corrected chi connectivity index (χ3v) is 4.85. The van der Waals surface area contributed by atoms with Crippen molar-refractivity contribution in [2.75, 3.05) is 13.1 Å². The van der Waals surface area contributed by atoms with Crippen LogP contribution in [0.25, 0.3) is 5.57 Å². The summed E-state index contributed by atoms with van der Waals surface area (Å²) in [5.41, 5.74) is 11.2. The Hall–Kier alpha value is -2.72. The highest BCUT2D eigenvalue weighted by Gasteiger charge is 2.33. The van der Waals surface area contributed by atoms with Crippen LogP contribution in [0.1, 0.15) is 49.4 Å². The van der Waals surface area contributed by atoms with E-state index in [1.807, 2.05) is 57.2 Å². The molecule has 0 unspecified atom stereocenters. The average molecular weight is 348 g/mol. The smallest absolute Gasteiger partial charge is 0.210 e. The third kappa shape index (κ3) is 3.20. The van der Waals surface area contributed by atoms with Crippen molar-refractivity contribution in [3.8, 4) is 0 Å². The maximum atomic E-state index is 13.3. The first-order valence-electron chi connectivity index (χ1n) is 8.90. The number of Topliss-reactive ketones (excluding diaryl/α,β-unsaturated/α-hetero) is 2. The molecule has 1 aliphatic rings. The van der Waals surface area contributed by atoms with E-state index in [9.17, 15) is 9.59 Å². The lowest BCUT2D eigenvalue weighted by molar-refractivity contribution is 0.0985. The highest BCUT2D eigenvalue weighted by atomic mass is 16.1. The largest absolute Gasteiger partial charge is 0.381 e. The van der Waals surface area contributed by atoms with Crippen LogP contribution in [0.3, 0.4) is 0 Å². The van der Waals surface area contributed by atoms with Crippen LogP contribution < -0.4 is 11.1 Å². The van der Waals surface area contributed by atoms with Crippen molar-refractivity contribution < 1.29 is 9.59 Å². The van der Waals surface area contributed by atoms with Crippen LogP contribution in [0.4, 0.5) is 0 Å². The van der Waals surface area contributed by atoms with Crippen LogP contribution in [0.5, 0.6) is 0 Å². The van der Waals surface area contributed by atoms with Gasteiger partial charge in [-0.2, -0.15) is 0 Å². The molecule has 0 aliphatic heterocycles. The monoisotopic (exact) mass is 348 g/mol. The zero-order chi connectivity index (χ0) is 18.8. The van der Waals surface area contributed by atoms with E-state index in [2.05, 4.69) is 5.32 Å². The number of carbonyl (C=O) groups excluding carboxylic acids is 2. The Balaban J connectivity index is 2.17. The molecular formula is C22H24N2O2. The van der Waals surface area contributed by atoms with Gasteiger partial charge >= 0.3 is 0 Å². The van der Waals surface area contributed by atoms with Gasteiger partial charge in [0.1, 0.15) is 0 Å². The van der Waals surface area contributed by atoms with Crippen molar-refractivity contribution in [1.29, 1.82) is 0 Å². The highest BCUT2D eigenvalue weighted by molar-refractivity contribution is 6.40. The first-order chi connectivity index (χ1) is 12.4. The van der Waals surface area contributed by atoms with E-state index in [0.29, 0.717) is 35.5 Å². The second-order valence-electron chi connectivity index (χ2n) is 6.83. The summed E-state index contributed by atoms with van der Waals surface area (Å²) in [4.78, 5) is 26.4. The number of benzene rings is 2. The minimum atomic E-state index is -0.129. The van der Waals surface area contributed by atoms with Crippen molar-refractivity contribution in [3.63, 3.8) is 0 Å². The SMILES string of the molecule is Cc1ccc(C2=C(NCCCN)C(=O)c3cc(C)c(C)cc3C2=O)cc1. The summed E-state index contributed by atoms with van der Waals surface area (Å²) in [6, 6.07) is 11.3. The van der Waals surface area contributed by atoms with Crippen molar-refractivity contribution in [2.24, 2.45) is 5.73 Å². The zero-order valence-corrected chi connectivity index (χ0v) is 15.5. The summed E-state index contributed by atoms with van der Waals surface area (Å²) in [6.07, 6.45) is 0.728. The minimum Gasteiger partial charge on any atom is -0.381 e. The van der Waals surface area contributed by atoms with Crippen LogP contribution in [0, 0.1) is 20.8 Å². The first kappa shape index (κ1) is 18.1. The molecule has 0 saturated heterocycles. The third-order valence-electron chi connectivity index (χ3n) is 4.85. The van der Waals surface area contributed by atoms with Gasteiger partial charge in [0, 0.05) is 17.7 Å². The van der Waals surface area contributed by atoms with Gasteiger partial charge in [0.25, 0.3) is 0 Å². The zero-order valence-electron chi connectivity index (χ0n) is 15.5. The normalized spacial score (nSPS) is 13.8. The Labute approximate surface area is 154 Å². The number of nitrogens with two attached hydrogens (primary N) is 1. The van der Waals surface area contributed by atoms with Crippen molar-refractivity contribution in [2.45, 2.75) is 27.2 Å². The van der Waals surface area contributed by atoms with Gasteiger partial charge in [0.15, 0.2) is 5.78 Å². The molecule has 26 heavy (non-hydrogen) atoms. The summed E-state index contributed by atoms with van der Waals surface area (Å²) in [6.45, 7) is 6.98. The molecule has 0 amide bonds. The Morgan fingerprint density at radius 1 is 0.885 bits per heavy atom. The second kappa shape index (κ2) is 7.26. The summed E-state index contributed by atoms with van der Waals surface area (Å²) >= 11 is 0. The fourth-order valence-corrected chi connectivity index (χ4v) is 3.17. The molecule has 4 heteroatoms. The Kier molecular flexibility index (Phi) is 5.05. The van der Waals surface area contributed by atoms with Gasteiger partial charge in [0.2, 0.25) is 5.78 Å². The number of rotatable bonds is 5. The first-order valence-corrected chi connectivity index (χ1v) is 8.90. The van der Waals surface area contributed by atoms with Gasteiger partial charge in [0.05, 0.1) is 11.3 Å². The van der Waals surface area contributed by atoms with Crippen molar-refractivity contribution in [3.05, 3.63) is 75.5 Å². The summed E-state index contributed by atoms with van der Waals surface area (Å²) in [5, 5.41) is 3.17. The number of allylic oxidation sites excluding steroid dienone is 2. The molecule has 0 radical (unpaired) electrons. The molecular weight excluding hydrogens is 324 g/mol. The Morgan fingerprint density at radius 2 is 1.46 bits per heavy atom. The molecule has 0 spiro atoms. The van der Waals surface area contributed by atoms with Gasteiger partial charge in [-0.25, -0.2) is 0 Å². The van der Waals surface area contributed by atoms with Crippen LogP contribution in [0.15, 0.2) is 42.1 Å². The number of hydrogen-bond acceptors (Lipinski definition) is 4. The molecule has 134 valence electrons. The fraction of sp³-hybridized carbons (Fsp3) is 0.273. The van der Waals surface area contributed by atoms with E-state index in [0.717, 1.165) is 28.7 Å². The molecule has 4 nitrogen and oxygen atoms in total.